The number of aromatic amines is 1. The summed E-state index contributed by atoms with van der Waals surface area (Å²) in [6.45, 7) is 1.35. The summed E-state index contributed by atoms with van der Waals surface area (Å²) in [5.41, 5.74) is 3.88. The van der Waals surface area contributed by atoms with Crippen LogP contribution in [0.25, 0.3) is 0 Å². The molecule has 0 fully saturated rings. The zero-order valence-electron chi connectivity index (χ0n) is 18.2. The molecule has 0 saturated carbocycles. The van der Waals surface area contributed by atoms with Gasteiger partial charge in [-0.1, -0.05) is 36.4 Å². The summed E-state index contributed by atoms with van der Waals surface area (Å²) in [7, 11) is 3.14. The third-order valence-corrected chi connectivity index (χ3v) is 5.60. The highest BCUT2D eigenvalue weighted by Gasteiger charge is 2.28. The highest BCUT2D eigenvalue weighted by atomic mass is 16.5. The molecule has 1 aromatic heterocycles. The number of ether oxygens (including phenoxy) is 2. The normalized spacial score (nSPS) is 12.8. The van der Waals surface area contributed by atoms with Crippen molar-refractivity contribution in [1.29, 1.82) is 0 Å². The number of methoxy groups -OCH3 is 2. The van der Waals surface area contributed by atoms with E-state index in [0.29, 0.717) is 43.2 Å². The van der Waals surface area contributed by atoms with Crippen LogP contribution in [-0.2, 0) is 30.7 Å². The van der Waals surface area contributed by atoms with Crippen molar-refractivity contribution in [1.82, 2.24) is 20.4 Å². The summed E-state index contributed by atoms with van der Waals surface area (Å²) in [6.07, 6.45) is 0.870. The van der Waals surface area contributed by atoms with Crippen LogP contribution < -0.4 is 14.8 Å². The number of carbonyl (C=O) groups is 2. The molecule has 8 nitrogen and oxygen atoms in total. The molecule has 0 atom stereocenters. The van der Waals surface area contributed by atoms with Gasteiger partial charge in [0, 0.05) is 37.3 Å². The monoisotopic (exact) mass is 434 g/mol. The lowest BCUT2D eigenvalue weighted by atomic mass is 10.0. The quantitative estimate of drug-likeness (QED) is 0.596. The Morgan fingerprint density at radius 3 is 2.59 bits per heavy atom. The highest BCUT2D eigenvalue weighted by Crippen LogP contribution is 2.28. The third kappa shape index (κ3) is 4.59. The second-order valence-corrected chi connectivity index (χ2v) is 7.63. The summed E-state index contributed by atoms with van der Waals surface area (Å²) in [5.74, 6) is 0.946. The maximum absolute atomic E-state index is 13.0. The molecule has 32 heavy (non-hydrogen) atoms. The Hall–Kier alpha value is -3.81. The fraction of sp³-hybridized carbons (Fsp3) is 0.292. The number of hydrogen-bond donors (Lipinski definition) is 2. The van der Waals surface area contributed by atoms with E-state index in [1.165, 1.54) is 0 Å². The third-order valence-electron chi connectivity index (χ3n) is 5.60. The molecule has 166 valence electrons. The van der Waals surface area contributed by atoms with Gasteiger partial charge >= 0.3 is 0 Å². The van der Waals surface area contributed by atoms with Gasteiger partial charge in [0.25, 0.3) is 5.91 Å². The van der Waals surface area contributed by atoms with Gasteiger partial charge < -0.3 is 19.7 Å². The van der Waals surface area contributed by atoms with Crippen molar-refractivity contribution in [3.8, 4) is 11.5 Å². The fourth-order valence-electron chi connectivity index (χ4n) is 3.83. The smallest absolute Gasteiger partial charge is 0.272 e. The van der Waals surface area contributed by atoms with E-state index in [9.17, 15) is 9.59 Å². The number of fused-ring (bicyclic) bond motifs is 1. The molecule has 1 aliphatic heterocycles. The van der Waals surface area contributed by atoms with Crippen LogP contribution in [0.5, 0.6) is 11.5 Å². The van der Waals surface area contributed by atoms with E-state index < -0.39 is 0 Å². The van der Waals surface area contributed by atoms with E-state index in [0.717, 1.165) is 22.4 Å². The molecule has 1 aliphatic rings. The molecule has 0 aliphatic carbocycles. The predicted octanol–water partition coefficient (Wildman–Crippen LogP) is 2.48. The predicted molar refractivity (Wildman–Crippen MR) is 119 cm³/mol. The molecule has 2 N–H and O–H groups in total. The first kappa shape index (κ1) is 21.4. The minimum atomic E-state index is -0.249. The Morgan fingerprint density at radius 1 is 1.06 bits per heavy atom. The van der Waals surface area contributed by atoms with E-state index in [1.807, 2.05) is 42.5 Å². The lowest BCUT2D eigenvalue weighted by molar-refractivity contribution is -0.131. The van der Waals surface area contributed by atoms with Crippen LogP contribution >= 0.6 is 0 Å². The van der Waals surface area contributed by atoms with Crippen molar-refractivity contribution >= 4 is 11.8 Å². The molecule has 0 radical (unpaired) electrons. The molecule has 0 unspecified atom stereocenters. The number of benzene rings is 2. The Bertz CT molecular complexity index is 1110. The summed E-state index contributed by atoms with van der Waals surface area (Å²) >= 11 is 0. The van der Waals surface area contributed by atoms with Crippen LogP contribution in [0.4, 0.5) is 0 Å². The van der Waals surface area contributed by atoms with E-state index >= 15 is 0 Å². The molecule has 2 aromatic carbocycles. The van der Waals surface area contributed by atoms with Crippen molar-refractivity contribution in [3.05, 3.63) is 76.6 Å². The van der Waals surface area contributed by atoms with E-state index in [-0.39, 0.29) is 18.2 Å². The van der Waals surface area contributed by atoms with Crippen LogP contribution in [-0.4, -0.2) is 47.7 Å². The van der Waals surface area contributed by atoms with Crippen molar-refractivity contribution in [2.24, 2.45) is 0 Å². The molecule has 2 heterocycles. The maximum atomic E-state index is 13.0. The number of H-pyrrole nitrogens is 1. The van der Waals surface area contributed by atoms with Crippen LogP contribution in [0.2, 0.25) is 0 Å². The van der Waals surface area contributed by atoms with Gasteiger partial charge in [-0.25, -0.2) is 0 Å². The molecule has 2 amide bonds. The summed E-state index contributed by atoms with van der Waals surface area (Å²) in [6, 6.07) is 15.2. The lowest BCUT2D eigenvalue weighted by Crippen LogP contribution is -2.37. The van der Waals surface area contributed by atoms with Crippen molar-refractivity contribution in [3.63, 3.8) is 0 Å². The van der Waals surface area contributed by atoms with E-state index in [4.69, 9.17) is 9.47 Å². The zero-order chi connectivity index (χ0) is 22.5. The molecular formula is C24H26N4O4. The minimum absolute atomic E-state index is 0.0142. The first-order valence-corrected chi connectivity index (χ1v) is 10.5. The number of rotatable bonds is 7. The van der Waals surface area contributed by atoms with Gasteiger partial charge in [-0.15, -0.1) is 0 Å². The van der Waals surface area contributed by atoms with Gasteiger partial charge in [-0.2, -0.15) is 5.10 Å². The number of nitrogens with zero attached hydrogens (tertiary/aromatic N) is 2. The van der Waals surface area contributed by atoms with Gasteiger partial charge in [0.2, 0.25) is 5.91 Å². The number of amides is 2. The standard InChI is InChI=1S/C24H26N4O4/c1-31-20-9-8-17(12-21(20)32-2)13-22(29)28-11-10-19-18(15-28)23(27-26-19)24(30)25-14-16-6-4-3-5-7-16/h3-9,12H,10-11,13-15H2,1-2H3,(H,25,30)(H,26,27). The molecule has 0 spiro atoms. The summed E-state index contributed by atoms with van der Waals surface area (Å²) < 4.78 is 10.6. The minimum Gasteiger partial charge on any atom is -0.493 e. The molecular weight excluding hydrogens is 408 g/mol. The fourth-order valence-corrected chi connectivity index (χ4v) is 3.83. The number of hydrogen-bond acceptors (Lipinski definition) is 5. The van der Waals surface area contributed by atoms with Crippen LogP contribution in [0, 0.1) is 0 Å². The SMILES string of the molecule is COc1ccc(CC(=O)N2CCc3[nH]nc(C(=O)NCc4ccccc4)c3C2)cc1OC. The second-order valence-electron chi connectivity index (χ2n) is 7.63. The molecule has 0 saturated heterocycles. The van der Waals surface area contributed by atoms with E-state index in [1.54, 1.807) is 25.2 Å². The topological polar surface area (TPSA) is 96.5 Å². The Labute approximate surface area is 186 Å². The maximum Gasteiger partial charge on any atom is 0.272 e. The van der Waals surface area contributed by atoms with Crippen LogP contribution in [0.15, 0.2) is 48.5 Å². The van der Waals surface area contributed by atoms with Gasteiger partial charge in [0.1, 0.15) is 0 Å². The first-order valence-electron chi connectivity index (χ1n) is 10.5. The Kier molecular flexibility index (Phi) is 6.39. The van der Waals surface area contributed by atoms with Crippen molar-refractivity contribution < 1.29 is 19.1 Å². The first-order chi connectivity index (χ1) is 15.6. The van der Waals surface area contributed by atoms with Crippen molar-refractivity contribution in [2.75, 3.05) is 20.8 Å². The summed E-state index contributed by atoms with van der Waals surface area (Å²) in [4.78, 5) is 27.5. The molecule has 8 heteroatoms. The summed E-state index contributed by atoms with van der Waals surface area (Å²) in [5, 5.41) is 10.1. The number of carbonyl (C=O) groups excluding carboxylic acids is 2. The average molecular weight is 434 g/mol. The lowest BCUT2D eigenvalue weighted by Gasteiger charge is -2.27. The molecule has 3 aromatic rings. The Morgan fingerprint density at radius 2 is 1.84 bits per heavy atom. The largest absolute Gasteiger partial charge is 0.493 e. The number of aromatic nitrogens is 2. The Balaban J connectivity index is 1.42. The molecule has 0 bridgehead atoms. The number of nitrogens with one attached hydrogen (secondary N) is 2. The molecule has 4 rings (SSSR count). The van der Waals surface area contributed by atoms with Gasteiger partial charge in [0.15, 0.2) is 17.2 Å². The van der Waals surface area contributed by atoms with Gasteiger partial charge in [-0.05, 0) is 23.3 Å². The zero-order valence-corrected chi connectivity index (χ0v) is 18.2. The average Bonchev–Trinajstić information content (AvgIpc) is 3.26. The van der Waals surface area contributed by atoms with Crippen LogP contribution in [0.1, 0.15) is 32.9 Å². The van der Waals surface area contributed by atoms with Crippen molar-refractivity contribution in [2.45, 2.75) is 25.9 Å². The van der Waals surface area contributed by atoms with Gasteiger partial charge in [0.05, 0.1) is 20.6 Å². The van der Waals surface area contributed by atoms with Gasteiger partial charge in [-0.3, -0.25) is 14.7 Å². The van der Waals surface area contributed by atoms with Crippen LogP contribution in [0.3, 0.4) is 0 Å². The highest BCUT2D eigenvalue weighted by molar-refractivity contribution is 5.94. The second kappa shape index (κ2) is 9.55. The van der Waals surface area contributed by atoms with E-state index in [2.05, 4.69) is 15.5 Å².